The quantitative estimate of drug-likeness (QED) is 0.469. The Morgan fingerprint density at radius 1 is 1.09 bits per heavy atom. The van der Waals surface area contributed by atoms with Crippen molar-refractivity contribution in [1.82, 2.24) is 14.9 Å². The first kappa shape index (κ1) is 22.3. The molecule has 2 aliphatic rings. The zero-order valence-corrected chi connectivity index (χ0v) is 20.2. The third-order valence-corrected chi connectivity index (χ3v) is 6.36. The van der Waals surface area contributed by atoms with Gasteiger partial charge in [0.05, 0.1) is 23.2 Å². The minimum Gasteiger partial charge on any atom is -0.510 e. The number of aromatic nitrogens is 2. The Morgan fingerprint density at radius 2 is 1.85 bits per heavy atom. The largest absolute Gasteiger partial charge is 0.510 e. The number of aliphatic hydroxyl groups excluding tert-OH is 1. The summed E-state index contributed by atoms with van der Waals surface area (Å²) in [6, 6.07) is 14.1. The second-order valence-corrected chi connectivity index (χ2v) is 10.2. The van der Waals surface area contributed by atoms with E-state index in [-0.39, 0.29) is 23.7 Å². The van der Waals surface area contributed by atoms with Crippen molar-refractivity contribution in [2.24, 2.45) is 0 Å². The molecule has 1 saturated heterocycles. The lowest BCUT2D eigenvalue weighted by Crippen LogP contribution is -2.29. The Bertz CT molecular complexity index is 1250. The number of aliphatic hydroxyl groups is 1. The molecule has 2 aromatic carbocycles. The first-order chi connectivity index (χ1) is 16.3. The highest BCUT2D eigenvalue weighted by molar-refractivity contribution is 6.23. The van der Waals surface area contributed by atoms with Crippen LogP contribution < -0.4 is 9.64 Å². The van der Waals surface area contributed by atoms with Crippen molar-refractivity contribution in [2.45, 2.75) is 52.2 Å². The van der Waals surface area contributed by atoms with Crippen LogP contribution in [0.25, 0.3) is 16.6 Å². The average Bonchev–Trinajstić information content (AvgIpc) is 3.33. The molecule has 3 aromatic rings. The van der Waals surface area contributed by atoms with Crippen molar-refractivity contribution >= 4 is 28.1 Å². The van der Waals surface area contributed by atoms with Crippen molar-refractivity contribution in [3.63, 3.8) is 0 Å². The van der Waals surface area contributed by atoms with Crippen LogP contribution in [-0.2, 0) is 6.54 Å². The fourth-order valence-corrected chi connectivity index (χ4v) is 4.75. The molecule has 0 unspecified atom stereocenters. The first-order valence-electron chi connectivity index (χ1n) is 12.1. The number of H-pyrrole nitrogens is 1. The maximum absolute atomic E-state index is 10.8. The summed E-state index contributed by atoms with van der Waals surface area (Å²) in [5.41, 5.74) is 4.08. The number of anilines is 1. The lowest BCUT2D eigenvalue weighted by molar-refractivity contribution is 0.128. The molecule has 0 spiro atoms. The Hall–Kier alpha value is -3.48. The fraction of sp³-hybridized carbons (Fsp3) is 0.407. The molecule has 34 heavy (non-hydrogen) atoms. The predicted molar refractivity (Wildman–Crippen MR) is 137 cm³/mol. The minimum atomic E-state index is -0.318. The van der Waals surface area contributed by atoms with Gasteiger partial charge in [-0.2, -0.15) is 0 Å². The van der Waals surface area contributed by atoms with Crippen LogP contribution in [0, 0.1) is 5.41 Å². The normalized spacial score (nSPS) is 17.2. The second-order valence-electron chi connectivity index (χ2n) is 10.2. The molecule has 0 amide bonds. The average molecular weight is 460 g/mol. The Balaban J connectivity index is 1.37. The standard InChI is InChI=1S/C27H33N5O2/c1-27(2,3)34-23-10-6-5-9-18(23)16-32-17-22(33)24(25(32)28)26-29-20-12-11-19(15-21(20)30-26)31-13-7-4-8-14-31/h5-6,9-12,15,28,33H,4,7-8,13-14,16-17H2,1-3H3,(H,29,30). The number of nitrogens with zero attached hydrogens (tertiary/aromatic N) is 3. The van der Waals surface area contributed by atoms with E-state index in [4.69, 9.17) is 15.1 Å². The number of nitrogens with one attached hydrogen (secondary N) is 2. The van der Waals surface area contributed by atoms with Crippen molar-refractivity contribution < 1.29 is 9.84 Å². The van der Waals surface area contributed by atoms with Crippen molar-refractivity contribution in [1.29, 1.82) is 5.41 Å². The number of amidine groups is 1. The topological polar surface area (TPSA) is 88.5 Å². The third-order valence-electron chi connectivity index (χ3n) is 6.36. The maximum Gasteiger partial charge on any atom is 0.145 e. The van der Waals surface area contributed by atoms with Gasteiger partial charge in [-0.05, 0) is 64.3 Å². The fourth-order valence-electron chi connectivity index (χ4n) is 4.75. The summed E-state index contributed by atoms with van der Waals surface area (Å²) in [5, 5.41) is 19.6. The van der Waals surface area contributed by atoms with E-state index in [2.05, 4.69) is 22.0 Å². The van der Waals surface area contributed by atoms with Crippen LogP contribution in [0.15, 0.2) is 48.2 Å². The highest BCUT2D eigenvalue weighted by Gasteiger charge is 2.31. The Labute approximate surface area is 200 Å². The van der Waals surface area contributed by atoms with E-state index in [0.717, 1.165) is 35.4 Å². The summed E-state index contributed by atoms with van der Waals surface area (Å²) in [4.78, 5) is 12.3. The molecular formula is C27H33N5O2. The van der Waals surface area contributed by atoms with Crippen LogP contribution in [-0.4, -0.2) is 51.0 Å². The number of imidazole rings is 1. The zero-order chi connectivity index (χ0) is 23.9. The number of para-hydroxylation sites is 1. The first-order valence-corrected chi connectivity index (χ1v) is 12.1. The van der Waals surface area contributed by atoms with Crippen LogP contribution in [0.2, 0.25) is 0 Å². The molecule has 3 N–H and O–H groups in total. The number of piperidine rings is 1. The summed E-state index contributed by atoms with van der Waals surface area (Å²) in [7, 11) is 0. The molecule has 0 radical (unpaired) electrons. The molecule has 1 fully saturated rings. The van der Waals surface area contributed by atoms with Crippen LogP contribution >= 0.6 is 0 Å². The van der Waals surface area contributed by atoms with Crippen molar-refractivity contribution in [3.8, 4) is 5.75 Å². The minimum absolute atomic E-state index is 0.162. The smallest absolute Gasteiger partial charge is 0.145 e. The van der Waals surface area contributed by atoms with E-state index >= 15 is 0 Å². The summed E-state index contributed by atoms with van der Waals surface area (Å²) in [5.74, 6) is 1.76. The lowest BCUT2D eigenvalue weighted by atomic mass is 10.1. The molecule has 3 heterocycles. The van der Waals surface area contributed by atoms with Gasteiger partial charge in [0.25, 0.3) is 0 Å². The Morgan fingerprint density at radius 3 is 2.62 bits per heavy atom. The van der Waals surface area contributed by atoms with Crippen LogP contribution in [0.3, 0.4) is 0 Å². The van der Waals surface area contributed by atoms with E-state index in [1.807, 2.05) is 56.0 Å². The van der Waals surface area contributed by atoms with Gasteiger partial charge >= 0.3 is 0 Å². The van der Waals surface area contributed by atoms with Gasteiger partial charge in [0.2, 0.25) is 0 Å². The summed E-state index contributed by atoms with van der Waals surface area (Å²) in [6.45, 7) is 8.96. The molecule has 178 valence electrons. The van der Waals surface area contributed by atoms with Gasteiger partial charge in [0.1, 0.15) is 28.8 Å². The molecule has 0 aliphatic carbocycles. The van der Waals surface area contributed by atoms with Gasteiger partial charge in [-0.3, -0.25) is 5.41 Å². The van der Waals surface area contributed by atoms with E-state index in [1.54, 1.807) is 0 Å². The van der Waals surface area contributed by atoms with Crippen LogP contribution in [0.5, 0.6) is 5.75 Å². The van der Waals surface area contributed by atoms with Gasteiger partial charge in [-0.25, -0.2) is 4.98 Å². The number of hydrogen-bond acceptors (Lipinski definition) is 5. The molecule has 0 bridgehead atoms. The molecule has 0 atom stereocenters. The number of benzene rings is 2. The molecule has 1 aromatic heterocycles. The van der Waals surface area contributed by atoms with E-state index in [1.165, 1.54) is 24.9 Å². The molecule has 7 nitrogen and oxygen atoms in total. The monoisotopic (exact) mass is 459 g/mol. The highest BCUT2D eigenvalue weighted by Crippen LogP contribution is 2.32. The van der Waals surface area contributed by atoms with Crippen molar-refractivity contribution in [2.75, 3.05) is 24.5 Å². The SMILES string of the molecule is CC(C)(C)Oc1ccccc1CN1CC(O)=C(c2nc3ccc(N4CCCCC4)cc3[nH]2)C1=N. The van der Waals surface area contributed by atoms with Crippen molar-refractivity contribution in [3.05, 3.63) is 59.6 Å². The van der Waals surface area contributed by atoms with E-state index < -0.39 is 0 Å². The number of aromatic amines is 1. The molecule has 2 aliphatic heterocycles. The number of ether oxygens (including phenoxy) is 1. The highest BCUT2D eigenvalue weighted by atomic mass is 16.5. The zero-order valence-electron chi connectivity index (χ0n) is 20.2. The van der Waals surface area contributed by atoms with Gasteiger partial charge in [0, 0.05) is 30.9 Å². The number of fused-ring (bicyclic) bond motifs is 1. The Kier molecular flexibility index (Phi) is 5.71. The lowest BCUT2D eigenvalue weighted by Gasteiger charge is -2.28. The second kappa shape index (κ2) is 8.70. The van der Waals surface area contributed by atoms with E-state index in [9.17, 15) is 5.11 Å². The summed E-state index contributed by atoms with van der Waals surface area (Å²) < 4.78 is 6.12. The molecular weight excluding hydrogens is 426 g/mol. The number of hydrogen-bond donors (Lipinski definition) is 3. The summed E-state index contributed by atoms with van der Waals surface area (Å²) in [6.07, 6.45) is 3.75. The van der Waals surface area contributed by atoms with Gasteiger partial charge < -0.3 is 24.6 Å². The third kappa shape index (κ3) is 4.47. The predicted octanol–water partition coefficient (Wildman–Crippen LogP) is 5.49. The molecule has 5 rings (SSSR count). The molecule has 0 saturated carbocycles. The van der Waals surface area contributed by atoms with Crippen LogP contribution in [0.4, 0.5) is 5.69 Å². The van der Waals surface area contributed by atoms with Crippen LogP contribution in [0.1, 0.15) is 51.4 Å². The summed E-state index contributed by atoms with van der Waals surface area (Å²) >= 11 is 0. The molecule has 7 heteroatoms. The number of rotatable bonds is 5. The van der Waals surface area contributed by atoms with Gasteiger partial charge in [0.15, 0.2) is 0 Å². The van der Waals surface area contributed by atoms with Gasteiger partial charge in [-0.1, -0.05) is 18.2 Å². The van der Waals surface area contributed by atoms with E-state index in [0.29, 0.717) is 17.9 Å². The van der Waals surface area contributed by atoms with Gasteiger partial charge in [-0.15, -0.1) is 0 Å². The maximum atomic E-state index is 10.8.